The van der Waals surface area contributed by atoms with Gasteiger partial charge in [-0.3, -0.25) is 9.59 Å². The number of nitrogens with zero attached hydrogens (tertiary/aromatic N) is 4. The van der Waals surface area contributed by atoms with E-state index >= 15 is 0 Å². The van der Waals surface area contributed by atoms with Crippen molar-refractivity contribution in [3.8, 4) is 0 Å². The van der Waals surface area contributed by atoms with Crippen LogP contribution < -0.4 is 10.6 Å². The van der Waals surface area contributed by atoms with E-state index in [1.54, 1.807) is 53.0 Å². The molecule has 162 valence electrons. The summed E-state index contributed by atoms with van der Waals surface area (Å²) in [6.45, 7) is 0.398. The van der Waals surface area contributed by atoms with Gasteiger partial charge in [0, 0.05) is 29.2 Å². The van der Waals surface area contributed by atoms with Gasteiger partial charge in [0.15, 0.2) is 11.5 Å². The number of benzene rings is 2. The van der Waals surface area contributed by atoms with Crippen LogP contribution >= 0.6 is 23.4 Å². The zero-order valence-electron chi connectivity index (χ0n) is 16.9. The van der Waals surface area contributed by atoms with Crippen molar-refractivity contribution in [2.75, 3.05) is 17.6 Å². The summed E-state index contributed by atoms with van der Waals surface area (Å²) in [4.78, 5) is 24.4. The van der Waals surface area contributed by atoms with Gasteiger partial charge in [-0.1, -0.05) is 47.6 Å². The zero-order valence-corrected chi connectivity index (χ0v) is 18.4. The van der Waals surface area contributed by atoms with Gasteiger partial charge in [-0.15, -0.1) is 10.2 Å². The van der Waals surface area contributed by atoms with E-state index in [1.807, 2.05) is 18.2 Å². The van der Waals surface area contributed by atoms with Gasteiger partial charge in [0.1, 0.15) is 5.03 Å². The van der Waals surface area contributed by atoms with Gasteiger partial charge < -0.3 is 10.6 Å². The lowest BCUT2D eigenvalue weighted by atomic mass is 10.2. The number of anilines is 1. The lowest BCUT2D eigenvalue weighted by Gasteiger charge is -2.06. The van der Waals surface area contributed by atoms with Crippen LogP contribution in [0.5, 0.6) is 0 Å². The van der Waals surface area contributed by atoms with Crippen LogP contribution in [0.1, 0.15) is 16.2 Å². The number of nitrogens with one attached hydrogen (secondary N) is 2. The first-order valence-electron chi connectivity index (χ1n) is 9.81. The zero-order chi connectivity index (χ0) is 22.3. The van der Waals surface area contributed by atoms with Crippen molar-refractivity contribution in [2.45, 2.75) is 11.4 Å². The second-order valence-corrected chi connectivity index (χ2v) is 8.21. The maximum absolute atomic E-state index is 12.2. The van der Waals surface area contributed by atoms with E-state index in [2.05, 4.69) is 25.9 Å². The first kappa shape index (κ1) is 21.8. The molecule has 0 atom stereocenters. The summed E-state index contributed by atoms with van der Waals surface area (Å²) in [5, 5.41) is 19.7. The minimum atomic E-state index is -0.160. The van der Waals surface area contributed by atoms with Gasteiger partial charge in [-0.25, -0.2) is 0 Å². The summed E-state index contributed by atoms with van der Waals surface area (Å²) in [6.07, 6.45) is 0.468. The molecule has 2 amide bonds. The Morgan fingerprint density at radius 2 is 1.84 bits per heavy atom. The van der Waals surface area contributed by atoms with Gasteiger partial charge in [0.25, 0.3) is 5.91 Å². The Morgan fingerprint density at radius 3 is 2.66 bits per heavy atom. The molecule has 4 aromatic rings. The molecule has 0 radical (unpaired) electrons. The quantitative estimate of drug-likeness (QED) is 0.385. The lowest BCUT2D eigenvalue weighted by Crippen LogP contribution is -2.26. The van der Waals surface area contributed by atoms with Gasteiger partial charge in [-0.05, 0) is 42.5 Å². The Balaban J connectivity index is 1.34. The lowest BCUT2D eigenvalue weighted by molar-refractivity contribution is -0.113. The van der Waals surface area contributed by atoms with Crippen molar-refractivity contribution in [1.29, 1.82) is 0 Å². The fourth-order valence-corrected chi connectivity index (χ4v) is 3.78. The van der Waals surface area contributed by atoms with Crippen LogP contribution in [-0.2, 0) is 11.2 Å². The molecule has 0 fully saturated rings. The molecule has 0 aliphatic carbocycles. The molecule has 0 saturated carbocycles. The van der Waals surface area contributed by atoms with Crippen LogP contribution in [0.25, 0.3) is 5.65 Å². The Morgan fingerprint density at radius 1 is 1.00 bits per heavy atom. The smallest absolute Gasteiger partial charge is 0.251 e. The third-order valence-electron chi connectivity index (χ3n) is 4.43. The van der Waals surface area contributed by atoms with Gasteiger partial charge in [-0.2, -0.15) is 9.61 Å². The number of fused-ring (bicyclic) bond motifs is 1. The van der Waals surface area contributed by atoms with E-state index in [4.69, 9.17) is 11.6 Å². The number of carbonyl (C=O) groups excluding carboxylic acids is 2. The number of hydrogen-bond acceptors (Lipinski definition) is 6. The predicted molar refractivity (Wildman–Crippen MR) is 124 cm³/mol. The molecule has 2 aromatic carbocycles. The average Bonchev–Trinajstić information content (AvgIpc) is 3.20. The number of hydrogen-bond donors (Lipinski definition) is 2. The van der Waals surface area contributed by atoms with Crippen LogP contribution in [0.4, 0.5) is 5.69 Å². The first-order valence-corrected chi connectivity index (χ1v) is 11.2. The molecule has 10 heteroatoms. The van der Waals surface area contributed by atoms with Gasteiger partial charge in [0.05, 0.1) is 5.75 Å². The molecule has 2 heterocycles. The van der Waals surface area contributed by atoms with Crippen LogP contribution in [0.15, 0.2) is 71.8 Å². The normalized spacial score (nSPS) is 10.8. The summed E-state index contributed by atoms with van der Waals surface area (Å²) in [5.41, 5.74) is 1.85. The number of aromatic nitrogens is 4. The maximum atomic E-state index is 12.2. The Kier molecular flexibility index (Phi) is 6.98. The highest BCUT2D eigenvalue weighted by Gasteiger charge is 2.11. The number of thioether (sulfide) groups is 1. The molecule has 0 unspecified atom stereocenters. The monoisotopic (exact) mass is 466 g/mol. The van der Waals surface area contributed by atoms with Crippen LogP contribution in [0, 0.1) is 0 Å². The largest absolute Gasteiger partial charge is 0.352 e. The SMILES string of the molecule is O=C(CSc1ccc2nnc(CCNC(=O)c3ccccc3)n2n1)Nc1cccc(Cl)c1. The molecule has 8 nitrogen and oxygen atoms in total. The molecule has 0 aliphatic heterocycles. The molecule has 2 aromatic heterocycles. The summed E-state index contributed by atoms with van der Waals surface area (Å²) in [5.74, 6) is 0.510. The minimum absolute atomic E-state index is 0.144. The number of halogens is 1. The highest BCUT2D eigenvalue weighted by Crippen LogP contribution is 2.18. The van der Waals surface area contributed by atoms with E-state index in [-0.39, 0.29) is 17.6 Å². The van der Waals surface area contributed by atoms with Crippen LogP contribution in [-0.4, -0.2) is 43.9 Å². The topological polar surface area (TPSA) is 101 Å². The van der Waals surface area contributed by atoms with Crippen LogP contribution in [0.3, 0.4) is 0 Å². The Labute approximate surface area is 193 Å². The van der Waals surface area contributed by atoms with Crippen molar-refractivity contribution in [3.05, 3.63) is 83.1 Å². The summed E-state index contributed by atoms with van der Waals surface area (Å²) >= 11 is 7.24. The fourth-order valence-electron chi connectivity index (χ4n) is 2.93. The Hall–Kier alpha value is -3.43. The summed E-state index contributed by atoms with van der Waals surface area (Å²) in [7, 11) is 0. The number of amides is 2. The molecule has 32 heavy (non-hydrogen) atoms. The molecule has 0 bridgehead atoms. The van der Waals surface area contributed by atoms with Gasteiger partial charge in [0.2, 0.25) is 5.91 Å². The number of carbonyl (C=O) groups is 2. The number of rotatable bonds is 8. The third-order valence-corrected chi connectivity index (χ3v) is 5.59. The van der Waals surface area contributed by atoms with Crippen molar-refractivity contribution in [2.24, 2.45) is 0 Å². The fraction of sp³-hybridized carbons (Fsp3) is 0.136. The molecule has 0 spiro atoms. The predicted octanol–water partition coefficient (Wildman–Crippen LogP) is 3.48. The molecular weight excluding hydrogens is 448 g/mol. The van der Waals surface area contributed by atoms with E-state index in [0.717, 1.165) is 0 Å². The highest BCUT2D eigenvalue weighted by molar-refractivity contribution is 7.99. The molecular formula is C22H19ClN6O2S. The standard InChI is InChI=1S/C22H19ClN6O2S/c23-16-7-4-8-17(13-16)25-20(30)14-32-21-10-9-18-26-27-19(29(18)28-21)11-12-24-22(31)15-5-2-1-3-6-15/h1-10,13H,11-12,14H2,(H,24,31)(H,25,30). The van der Waals surface area contributed by atoms with E-state index < -0.39 is 0 Å². The third kappa shape index (κ3) is 5.63. The molecule has 0 saturated heterocycles. The average molecular weight is 467 g/mol. The van der Waals surface area contributed by atoms with Crippen molar-refractivity contribution >= 4 is 46.5 Å². The first-order chi connectivity index (χ1) is 15.6. The van der Waals surface area contributed by atoms with E-state index in [1.165, 1.54) is 11.8 Å². The van der Waals surface area contributed by atoms with Gasteiger partial charge >= 0.3 is 0 Å². The molecule has 4 rings (SSSR count). The van der Waals surface area contributed by atoms with E-state index in [0.29, 0.717) is 45.7 Å². The second-order valence-electron chi connectivity index (χ2n) is 6.78. The van der Waals surface area contributed by atoms with Crippen molar-refractivity contribution in [3.63, 3.8) is 0 Å². The summed E-state index contributed by atoms with van der Waals surface area (Å²) < 4.78 is 1.63. The maximum Gasteiger partial charge on any atom is 0.251 e. The molecule has 2 N–H and O–H groups in total. The summed E-state index contributed by atoms with van der Waals surface area (Å²) in [6, 6.07) is 19.6. The minimum Gasteiger partial charge on any atom is -0.352 e. The van der Waals surface area contributed by atoms with Crippen molar-refractivity contribution in [1.82, 2.24) is 25.1 Å². The van der Waals surface area contributed by atoms with E-state index in [9.17, 15) is 9.59 Å². The van der Waals surface area contributed by atoms with Crippen LogP contribution in [0.2, 0.25) is 5.02 Å². The highest BCUT2D eigenvalue weighted by atomic mass is 35.5. The Bertz CT molecular complexity index is 1250. The molecule has 0 aliphatic rings. The van der Waals surface area contributed by atoms with Crippen molar-refractivity contribution < 1.29 is 9.59 Å². The second kappa shape index (κ2) is 10.3.